The third kappa shape index (κ3) is 7.42. The predicted octanol–water partition coefficient (Wildman–Crippen LogP) is 4.26. The largest absolute Gasteiger partial charge is 0.465 e. The molecular weight excluding hydrogens is 309 g/mol. The number of nitrogens with zero attached hydrogens (tertiary/aromatic N) is 1. The number of hydrogen-bond donors (Lipinski definition) is 2. The van der Waals surface area contributed by atoms with Crippen LogP contribution in [-0.2, 0) is 0 Å². The van der Waals surface area contributed by atoms with Gasteiger partial charge in [0.15, 0.2) is 0 Å². The number of carbonyl (C=O) groups is 1. The van der Waals surface area contributed by atoms with Gasteiger partial charge < -0.3 is 10.4 Å². The zero-order valence-corrected chi connectivity index (χ0v) is 14.2. The molecule has 4 nitrogen and oxygen atoms in total. The first-order valence-electron chi connectivity index (χ1n) is 8.30. The molecule has 23 heavy (non-hydrogen) atoms. The van der Waals surface area contributed by atoms with Crippen LogP contribution in [0.2, 0.25) is 0 Å². The highest BCUT2D eigenvalue weighted by Crippen LogP contribution is 2.30. The Labute approximate surface area is 136 Å². The fourth-order valence-corrected chi connectivity index (χ4v) is 3.46. The SMILES string of the molecule is CC(C)(C)N(C(=O)O)[C@H](CNCC(F)(F)F)CC1CCCCC1. The molecule has 0 aromatic carbocycles. The van der Waals surface area contributed by atoms with E-state index < -0.39 is 30.4 Å². The molecular formula is C16H29F3N2O2. The summed E-state index contributed by atoms with van der Waals surface area (Å²) < 4.78 is 37.1. The normalized spacial score (nSPS) is 18.7. The number of nitrogens with one attached hydrogen (secondary N) is 1. The van der Waals surface area contributed by atoms with Crippen molar-refractivity contribution in [2.45, 2.75) is 77.1 Å². The highest BCUT2D eigenvalue weighted by atomic mass is 19.4. The van der Waals surface area contributed by atoms with E-state index in [9.17, 15) is 23.1 Å². The molecule has 0 aromatic heterocycles. The van der Waals surface area contributed by atoms with Crippen molar-refractivity contribution in [3.63, 3.8) is 0 Å². The topological polar surface area (TPSA) is 52.6 Å². The third-order valence-corrected chi connectivity index (χ3v) is 4.33. The molecule has 1 atom stereocenters. The second-order valence-corrected chi connectivity index (χ2v) is 7.46. The van der Waals surface area contributed by atoms with Crippen LogP contribution in [0.1, 0.15) is 59.3 Å². The van der Waals surface area contributed by atoms with E-state index in [1.807, 2.05) is 0 Å². The van der Waals surface area contributed by atoms with Crippen LogP contribution in [0.5, 0.6) is 0 Å². The maximum absolute atomic E-state index is 12.4. The zero-order valence-electron chi connectivity index (χ0n) is 14.2. The van der Waals surface area contributed by atoms with E-state index in [1.165, 1.54) is 11.3 Å². The molecule has 1 amide bonds. The van der Waals surface area contributed by atoms with E-state index >= 15 is 0 Å². The molecule has 7 heteroatoms. The van der Waals surface area contributed by atoms with E-state index in [0.29, 0.717) is 12.3 Å². The smallest absolute Gasteiger partial charge is 0.408 e. The van der Waals surface area contributed by atoms with Crippen molar-refractivity contribution in [2.75, 3.05) is 13.1 Å². The second kappa shape index (κ2) is 8.22. The monoisotopic (exact) mass is 338 g/mol. The fourth-order valence-electron chi connectivity index (χ4n) is 3.46. The van der Waals surface area contributed by atoms with Gasteiger partial charge in [0, 0.05) is 18.1 Å². The van der Waals surface area contributed by atoms with Gasteiger partial charge in [-0.25, -0.2) is 4.79 Å². The van der Waals surface area contributed by atoms with Crippen LogP contribution in [0.25, 0.3) is 0 Å². The Balaban J connectivity index is 2.78. The van der Waals surface area contributed by atoms with Crippen LogP contribution in [-0.4, -0.2) is 46.9 Å². The molecule has 0 saturated heterocycles. The molecule has 1 aliphatic carbocycles. The van der Waals surface area contributed by atoms with Gasteiger partial charge in [-0.05, 0) is 33.1 Å². The van der Waals surface area contributed by atoms with E-state index in [4.69, 9.17) is 0 Å². The van der Waals surface area contributed by atoms with Crippen LogP contribution in [0.3, 0.4) is 0 Å². The lowest BCUT2D eigenvalue weighted by Crippen LogP contribution is -2.55. The molecule has 1 fully saturated rings. The summed E-state index contributed by atoms with van der Waals surface area (Å²) in [6.45, 7) is 4.27. The second-order valence-electron chi connectivity index (χ2n) is 7.46. The average Bonchev–Trinajstić information content (AvgIpc) is 2.36. The minimum atomic E-state index is -4.29. The van der Waals surface area contributed by atoms with Crippen molar-refractivity contribution >= 4 is 6.09 Å². The summed E-state index contributed by atoms with van der Waals surface area (Å²) in [5.41, 5.74) is -0.648. The molecule has 1 saturated carbocycles. The molecule has 0 bridgehead atoms. The maximum atomic E-state index is 12.4. The Bertz CT molecular complexity index is 375. The third-order valence-electron chi connectivity index (χ3n) is 4.33. The number of alkyl halides is 3. The van der Waals surface area contributed by atoms with Gasteiger partial charge in [0.05, 0.1) is 6.54 Å². The Morgan fingerprint density at radius 1 is 1.22 bits per heavy atom. The van der Waals surface area contributed by atoms with Crippen LogP contribution >= 0.6 is 0 Å². The predicted molar refractivity (Wildman–Crippen MR) is 83.5 cm³/mol. The van der Waals surface area contributed by atoms with E-state index in [0.717, 1.165) is 25.7 Å². The van der Waals surface area contributed by atoms with Gasteiger partial charge in [-0.2, -0.15) is 13.2 Å². The molecule has 2 N–H and O–H groups in total. The fraction of sp³-hybridized carbons (Fsp3) is 0.938. The van der Waals surface area contributed by atoms with Gasteiger partial charge in [-0.3, -0.25) is 4.90 Å². The van der Waals surface area contributed by atoms with Crippen molar-refractivity contribution in [3.05, 3.63) is 0 Å². The quantitative estimate of drug-likeness (QED) is 0.761. The summed E-state index contributed by atoms with van der Waals surface area (Å²) in [6, 6.07) is -0.446. The summed E-state index contributed by atoms with van der Waals surface area (Å²) in [5.74, 6) is 0.394. The van der Waals surface area contributed by atoms with Gasteiger partial charge in [0.1, 0.15) is 0 Å². The highest BCUT2D eigenvalue weighted by Gasteiger charge is 2.35. The summed E-state index contributed by atoms with van der Waals surface area (Å²) in [6.07, 6.45) is 0.758. The number of halogens is 3. The molecule has 0 heterocycles. The summed E-state index contributed by atoms with van der Waals surface area (Å²) in [7, 11) is 0. The van der Waals surface area contributed by atoms with Crippen LogP contribution in [0, 0.1) is 5.92 Å². The molecule has 0 spiro atoms. The van der Waals surface area contributed by atoms with Gasteiger partial charge >= 0.3 is 12.3 Å². The summed E-state index contributed by atoms with van der Waals surface area (Å²) in [5, 5.41) is 11.9. The van der Waals surface area contributed by atoms with Gasteiger partial charge in [0.2, 0.25) is 0 Å². The highest BCUT2D eigenvalue weighted by molar-refractivity contribution is 5.66. The van der Waals surface area contributed by atoms with Crippen LogP contribution in [0.4, 0.5) is 18.0 Å². The zero-order chi connectivity index (χ0) is 17.7. The van der Waals surface area contributed by atoms with E-state index in [1.54, 1.807) is 20.8 Å². The van der Waals surface area contributed by atoms with Crippen molar-refractivity contribution < 1.29 is 23.1 Å². The van der Waals surface area contributed by atoms with Crippen molar-refractivity contribution in [1.29, 1.82) is 0 Å². The van der Waals surface area contributed by atoms with Crippen LogP contribution in [0.15, 0.2) is 0 Å². The van der Waals surface area contributed by atoms with E-state index in [-0.39, 0.29) is 6.54 Å². The standard InChI is InChI=1S/C16H29F3N2O2/c1-15(2,3)21(14(22)23)13(10-20-11-16(17,18)19)9-12-7-5-4-6-8-12/h12-13,20H,4-11H2,1-3H3,(H,22,23)/t13-/m0/s1. The van der Waals surface area contributed by atoms with Gasteiger partial charge in [-0.1, -0.05) is 32.1 Å². The molecule has 1 aliphatic rings. The molecule has 0 aromatic rings. The Kier molecular flexibility index (Phi) is 7.17. The van der Waals surface area contributed by atoms with Gasteiger partial charge in [0.25, 0.3) is 0 Å². The lowest BCUT2D eigenvalue weighted by molar-refractivity contribution is -0.125. The van der Waals surface area contributed by atoms with E-state index in [2.05, 4.69) is 5.32 Å². The van der Waals surface area contributed by atoms with Crippen molar-refractivity contribution in [3.8, 4) is 0 Å². The minimum Gasteiger partial charge on any atom is -0.465 e. The van der Waals surface area contributed by atoms with Crippen molar-refractivity contribution in [1.82, 2.24) is 10.2 Å². The number of rotatable bonds is 6. The average molecular weight is 338 g/mol. The Hall–Kier alpha value is -0.980. The lowest BCUT2D eigenvalue weighted by atomic mass is 9.83. The number of carboxylic acid groups (broad SMARTS) is 1. The van der Waals surface area contributed by atoms with Gasteiger partial charge in [-0.15, -0.1) is 0 Å². The lowest BCUT2D eigenvalue weighted by Gasteiger charge is -2.41. The van der Waals surface area contributed by atoms with Crippen molar-refractivity contribution in [2.24, 2.45) is 5.92 Å². The molecule has 0 radical (unpaired) electrons. The first kappa shape index (κ1) is 20.1. The van der Waals surface area contributed by atoms with Crippen LogP contribution < -0.4 is 5.32 Å². The summed E-state index contributed by atoms with van der Waals surface area (Å²) in [4.78, 5) is 13.0. The minimum absolute atomic E-state index is 0.0274. The first-order chi connectivity index (χ1) is 10.5. The molecule has 0 unspecified atom stereocenters. The molecule has 1 rings (SSSR count). The maximum Gasteiger partial charge on any atom is 0.408 e. The first-order valence-corrected chi connectivity index (χ1v) is 8.30. The Morgan fingerprint density at radius 3 is 2.22 bits per heavy atom. The Morgan fingerprint density at radius 2 is 1.78 bits per heavy atom. The number of hydrogen-bond acceptors (Lipinski definition) is 2. The molecule has 0 aliphatic heterocycles. The summed E-state index contributed by atoms with van der Waals surface area (Å²) >= 11 is 0. The number of amides is 1. The molecule has 136 valence electrons.